The zero-order valence-corrected chi connectivity index (χ0v) is 15.2. The lowest BCUT2D eigenvalue weighted by Gasteiger charge is -2.10. The number of fused-ring (bicyclic) bond motifs is 1. The molecule has 5 heteroatoms. The van der Waals surface area contributed by atoms with Gasteiger partial charge in [-0.2, -0.15) is 0 Å². The summed E-state index contributed by atoms with van der Waals surface area (Å²) in [7, 11) is 1.52. The van der Waals surface area contributed by atoms with E-state index >= 15 is 0 Å². The number of H-pyrrole nitrogens is 1. The third-order valence-corrected chi connectivity index (χ3v) is 4.65. The molecule has 0 bridgehead atoms. The van der Waals surface area contributed by atoms with Gasteiger partial charge in [0.2, 0.25) is 0 Å². The van der Waals surface area contributed by atoms with Crippen molar-refractivity contribution in [3.8, 4) is 5.75 Å². The van der Waals surface area contributed by atoms with E-state index in [1.54, 1.807) is 24.3 Å². The van der Waals surface area contributed by atoms with Crippen LogP contribution in [0, 0.1) is 3.57 Å². The van der Waals surface area contributed by atoms with Crippen molar-refractivity contribution in [3.63, 3.8) is 0 Å². The monoisotopic (exact) mass is 433 g/mol. The maximum atomic E-state index is 12.6. The summed E-state index contributed by atoms with van der Waals surface area (Å²) in [5, 5.41) is 10.3. The van der Waals surface area contributed by atoms with Crippen LogP contribution in [0.1, 0.15) is 21.5 Å². The van der Waals surface area contributed by atoms with Crippen LogP contribution in [0.25, 0.3) is 17.0 Å². The Morgan fingerprint density at radius 3 is 2.88 bits per heavy atom. The number of hydrogen-bond acceptors (Lipinski definition) is 3. The number of aliphatic hydroxyl groups excluding tert-OH is 1. The molecule has 0 aliphatic rings. The standard InChI is InChI=1S/C19H16INO3/c1-24-18-9-12(11-22)8-15(20)19(18)17(23)7-6-13-10-21-16-5-3-2-4-14(13)16/h2-10,21-22H,11H2,1H3/b7-6+. The molecule has 0 aliphatic heterocycles. The molecule has 0 aliphatic carbocycles. The molecule has 122 valence electrons. The predicted octanol–water partition coefficient (Wildman–Crippen LogP) is 4.17. The highest BCUT2D eigenvalue weighted by Gasteiger charge is 2.15. The van der Waals surface area contributed by atoms with E-state index in [2.05, 4.69) is 27.6 Å². The van der Waals surface area contributed by atoms with Crippen molar-refractivity contribution in [2.24, 2.45) is 0 Å². The Morgan fingerprint density at radius 1 is 1.33 bits per heavy atom. The van der Waals surface area contributed by atoms with Crippen molar-refractivity contribution in [1.82, 2.24) is 4.98 Å². The van der Waals surface area contributed by atoms with Gasteiger partial charge in [0.15, 0.2) is 5.78 Å². The molecule has 0 amide bonds. The van der Waals surface area contributed by atoms with Crippen molar-refractivity contribution in [2.75, 3.05) is 7.11 Å². The third-order valence-electron chi connectivity index (χ3n) is 3.80. The van der Waals surface area contributed by atoms with Gasteiger partial charge in [-0.25, -0.2) is 0 Å². The summed E-state index contributed by atoms with van der Waals surface area (Å²) in [6.45, 7) is -0.0913. The number of rotatable bonds is 5. The molecule has 3 aromatic rings. The average molecular weight is 433 g/mol. The molecule has 0 saturated carbocycles. The third kappa shape index (κ3) is 3.22. The van der Waals surface area contributed by atoms with E-state index in [-0.39, 0.29) is 12.4 Å². The largest absolute Gasteiger partial charge is 0.496 e. The van der Waals surface area contributed by atoms with Crippen molar-refractivity contribution in [1.29, 1.82) is 0 Å². The fourth-order valence-electron chi connectivity index (χ4n) is 2.61. The molecule has 0 atom stereocenters. The molecule has 2 aromatic carbocycles. The first kappa shape index (κ1) is 16.7. The van der Waals surface area contributed by atoms with E-state index in [1.807, 2.05) is 30.5 Å². The minimum Gasteiger partial charge on any atom is -0.496 e. The number of ether oxygens (including phenoxy) is 1. The Kier molecular flexibility index (Phi) is 5.01. The highest BCUT2D eigenvalue weighted by atomic mass is 127. The normalized spacial score (nSPS) is 11.3. The number of methoxy groups -OCH3 is 1. The second-order valence-electron chi connectivity index (χ2n) is 5.30. The fourth-order valence-corrected chi connectivity index (χ4v) is 3.54. The van der Waals surface area contributed by atoms with Gasteiger partial charge in [-0.3, -0.25) is 4.79 Å². The van der Waals surface area contributed by atoms with Gasteiger partial charge in [-0.05, 0) is 64.1 Å². The van der Waals surface area contributed by atoms with Crippen LogP contribution in [-0.2, 0) is 6.61 Å². The summed E-state index contributed by atoms with van der Waals surface area (Å²) in [6.07, 6.45) is 5.23. The number of aromatic nitrogens is 1. The van der Waals surface area contributed by atoms with E-state index in [4.69, 9.17) is 4.74 Å². The number of ketones is 1. The number of hydrogen-bond donors (Lipinski definition) is 2. The lowest BCUT2D eigenvalue weighted by atomic mass is 10.1. The van der Waals surface area contributed by atoms with Gasteiger partial charge in [0.25, 0.3) is 0 Å². The molecule has 24 heavy (non-hydrogen) atoms. The SMILES string of the molecule is COc1cc(CO)cc(I)c1C(=O)/C=C/c1c[nH]c2ccccc12. The quantitative estimate of drug-likeness (QED) is 0.361. The van der Waals surface area contributed by atoms with Crippen LogP contribution in [0.3, 0.4) is 0 Å². The highest BCUT2D eigenvalue weighted by molar-refractivity contribution is 14.1. The van der Waals surface area contributed by atoms with E-state index in [0.717, 1.165) is 20.0 Å². The van der Waals surface area contributed by atoms with Crippen LogP contribution in [-0.4, -0.2) is 23.0 Å². The van der Waals surface area contributed by atoms with Crippen LogP contribution < -0.4 is 4.74 Å². The maximum absolute atomic E-state index is 12.6. The molecule has 0 fully saturated rings. The first-order valence-electron chi connectivity index (χ1n) is 7.40. The molecule has 0 radical (unpaired) electrons. The summed E-state index contributed by atoms with van der Waals surface area (Å²) < 4.78 is 6.07. The van der Waals surface area contributed by atoms with Crippen molar-refractivity contribution < 1.29 is 14.6 Å². The zero-order chi connectivity index (χ0) is 17.1. The van der Waals surface area contributed by atoms with Crippen LogP contribution in [0.4, 0.5) is 0 Å². The maximum Gasteiger partial charge on any atom is 0.190 e. The van der Waals surface area contributed by atoms with Gasteiger partial charge in [-0.15, -0.1) is 0 Å². The van der Waals surface area contributed by atoms with Gasteiger partial charge in [-0.1, -0.05) is 18.2 Å². The number of aliphatic hydroxyl groups is 1. The van der Waals surface area contributed by atoms with E-state index in [1.165, 1.54) is 7.11 Å². The van der Waals surface area contributed by atoms with E-state index in [0.29, 0.717) is 16.9 Å². The van der Waals surface area contributed by atoms with Crippen molar-refractivity contribution >= 4 is 45.4 Å². The molecule has 0 unspecified atom stereocenters. The van der Waals surface area contributed by atoms with Crippen molar-refractivity contribution in [3.05, 3.63) is 68.9 Å². The van der Waals surface area contributed by atoms with Gasteiger partial charge in [0, 0.05) is 20.7 Å². The number of para-hydroxylation sites is 1. The van der Waals surface area contributed by atoms with Gasteiger partial charge >= 0.3 is 0 Å². The summed E-state index contributed by atoms with van der Waals surface area (Å²) in [5.41, 5.74) is 3.21. The molecule has 4 nitrogen and oxygen atoms in total. The van der Waals surface area contributed by atoms with Crippen LogP contribution in [0.15, 0.2) is 48.7 Å². The number of benzene rings is 2. The lowest BCUT2D eigenvalue weighted by molar-refractivity contribution is 0.104. The van der Waals surface area contributed by atoms with E-state index in [9.17, 15) is 9.90 Å². The number of carbonyl (C=O) groups is 1. The zero-order valence-electron chi connectivity index (χ0n) is 13.0. The van der Waals surface area contributed by atoms with Crippen LogP contribution in [0.5, 0.6) is 5.75 Å². The summed E-state index contributed by atoms with van der Waals surface area (Å²) >= 11 is 2.09. The highest BCUT2D eigenvalue weighted by Crippen LogP contribution is 2.28. The first-order valence-corrected chi connectivity index (χ1v) is 8.47. The van der Waals surface area contributed by atoms with Gasteiger partial charge < -0.3 is 14.8 Å². The van der Waals surface area contributed by atoms with Gasteiger partial charge in [0.1, 0.15) is 5.75 Å². The molecule has 1 heterocycles. The average Bonchev–Trinajstić information content (AvgIpc) is 3.02. The van der Waals surface area contributed by atoms with Gasteiger partial charge in [0.05, 0.1) is 19.3 Å². The lowest BCUT2D eigenvalue weighted by Crippen LogP contribution is -2.03. The number of carbonyl (C=O) groups excluding carboxylic acids is 1. The topological polar surface area (TPSA) is 62.3 Å². The Morgan fingerprint density at radius 2 is 2.12 bits per heavy atom. The number of nitrogens with one attached hydrogen (secondary N) is 1. The predicted molar refractivity (Wildman–Crippen MR) is 103 cm³/mol. The molecular weight excluding hydrogens is 417 g/mol. The fraction of sp³-hybridized carbons (Fsp3) is 0.105. The second kappa shape index (κ2) is 7.19. The molecule has 0 spiro atoms. The Bertz CT molecular complexity index is 928. The molecule has 3 rings (SSSR count). The summed E-state index contributed by atoms with van der Waals surface area (Å²) in [4.78, 5) is 15.8. The summed E-state index contributed by atoms with van der Waals surface area (Å²) in [6, 6.07) is 11.4. The molecule has 2 N–H and O–H groups in total. The van der Waals surface area contributed by atoms with Crippen molar-refractivity contribution in [2.45, 2.75) is 6.61 Å². The Balaban J connectivity index is 1.95. The summed E-state index contributed by atoms with van der Waals surface area (Å²) in [5.74, 6) is 0.338. The van der Waals surface area contributed by atoms with Crippen LogP contribution in [0.2, 0.25) is 0 Å². The Labute approximate surface area is 153 Å². The number of aromatic amines is 1. The molecular formula is C19H16INO3. The Hall–Kier alpha value is -2.12. The minimum atomic E-state index is -0.133. The van der Waals surface area contributed by atoms with E-state index < -0.39 is 0 Å². The first-order chi connectivity index (χ1) is 11.6. The molecule has 1 aromatic heterocycles. The second-order valence-corrected chi connectivity index (χ2v) is 6.46. The van der Waals surface area contributed by atoms with Crippen LogP contribution >= 0.6 is 22.6 Å². The number of allylic oxidation sites excluding steroid dienone is 1. The smallest absolute Gasteiger partial charge is 0.190 e. The number of halogens is 1. The minimum absolute atomic E-state index is 0.0913. The molecule has 0 saturated heterocycles.